The van der Waals surface area contributed by atoms with Crippen molar-refractivity contribution in [3.05, 3.63) is 29.8 Å². The van der Waals surface area contributed by atoms with Gasteiger partial charge in [0.15, 0.2) is 0 Å². The van der Waals surface area contributed by atoms with Gasteiger partial charge < -0.3 is 19.5 Å². The molecule has 0 bridgehead atoms. The fourth-order valence-electron chi connectivity index (χ4n) is 2.14. The molecule has 1 heterocycles. The molecule has 1 aromatic carbocycles. The molecule has 5 heteroatoms. The SMILES string of the molecule is O=C(O)Cc1cccc(OCC[NH+]2CCOCC2)c1. The maximum absolute atomic E-state index is 10.6. The van der Waals surface area contributed by atoms with Crippen LogP contribution in [0.5, 0.6) is 5.75 Å². The Labute approximate surface area is 112 Å². The number of hydrogen-bond acceptors (Lipinski definition) is 3. The van der Waals surface area contributed by atoms with E-state index in [0.717, 1.165) is 44.2 Å². The third kappa shape index (κ3) is 4.89. The Hall–Kier alpha value is -1.59. The summed E-state index contributed by atoms with van der Waals surface area (Å²) in [6.07, 6.45) is 0.0336. The van der Waals surface area contributed by atoms with Crippen molar-refractivity contribution in [1.82, 2.24) is 0 Å². The van der Waals surface area contributed by atoms with Crippen molar-refractivity contribution in [2.45, 2.75) is 6.42 Å². The topological polar surface area (TPSA) is 60.2 Å². The van der Waals surface area contributed by atoms with Crippen LogP contribution in [0.4, 0.5) is 0 Å². The smallest absolute Gasteiger partial charge is 0.307 e. The van der Waals surface area contributed by atoms with Gasteiger partial charge in [-0.15, -0.1) is 0 Å². The summed E-state index contributed by atoms with van der Waals surface area (Å²) in [5.41, 5.74) is 0.767. The molecule has 104 valence electrons. The third-order valence-electron chi connectivity index (χ3n) is 3.18. The first-order valence-electron chi connectivity index (χ1n) is 6.59. The Morgan fingerprint density at radius 1 is 1.37 bits per heavy atom. The summed E-state index contributed by atoms with van der Waals surface area (Å²) >= 11 is 0. The number of hydrogen-bond donors (Lipinski definition) is 2. The number of carboxylic acid groups (broad SMARTS) is 1. The Kier molecular flexibility index (Phi) is 5.18. The molecule has 0 spiro atoms. The van der Waals surface area contributed by atoms with Gasteiger partial charge in [-0.3, -0.25) is 4.79 Å². The number of benzene rings is 1. The lowest BCUT2D eigenvalue weighted by Crippen LogP contribution is -3.14. The summed E-state index contributed by atoms with van der Waals surface area (Å²) < 4.78 is 11.0. The highest BCUT2D eigenvalue weighted by Gasteiger charge is 2.13. The highest BCUT2D eigenvalue weighted by molar-refractivity contribution is 5.70. The molecule has 1 fully saturated rings. The van der Waals surface area contributed by atoms with E-state index in [-0.39, 0.29) is 6.42 Å². The fraction of sp³-hybridized carbons (Fsp3) is 0.500. The maximum Gasteiger partial charge on any atom is 0.307 e. The largest absolute Gasteiger partial charge is 0.488 e. The van der Waals surface area contributed by atoms with E-state index >= 15 is 0 Å². The number of ether oxygens (including phenoxy) is 2. The zero-order valence-electron chi connectivity index (χ0n) is 10.9. The molecule has 1 aliphatic heterocycles. The highest BCUT2D eigenvalue weighted by atomic mass is 16.5. The van der Waals surface area contributed by atoms with Gasteiger partial charge >= 0.3 is 5.97 Å². The Morgan fingerprint density at radius 2 is 2.16 bits per heavy atom. The second kappa shape index (κ2) is 7.11. The van der Waals surface area contributed by atoms with Crippen LogP contribution in [0.2, 0.25) is 0 Å². The van der Waals surface area contributed by atoms with Gasteiger partial charge in [0.2, 0.25) is 0 Å². The van der Waals surface area contributed by atoms with Crippen LogP contribution >= 0.6 is 0 Å². The molecule has 0 atom stereocenters. The number of aliphatic carboxylic acids is 1. The second-order valence-electron chi connectivity index (χ2n) is 4.68. The van der Waals surface area contributed by atoms with E-state index in [1.165, 1.54) is 4.90 Å². The van der Waals surface area contributed by atoms with Crippen LogP contribution in [-0.4, -0.2) is 50.5 Å². The van der Waals surface area contributed by atoms with Crippen LogP contribution < -0.4 is 9.64 Å². The molecule has 0 unspecified atom stereocenters. The second-order valence-corrected chi connectivity index (χ2v) is 4.68. The van der Waals surface area contributed by atoms with Crippen molar-refractivity contribution in [2.75, 3.05) is 39.5 Å². The number of morpholine rings is 1. The van der Waals surface area contributed by atoms with Crippen LogP contribution in [0.1, 0.15) is 5.56 Å². The van der Waals surface area contributed by atoms with E-state index < -0.39 is 5.97 Å². The van der Waals surface area contributed by atoms with Crippen molar-refractivity contribution in [1.29, 1.82) is 0 Å². The molecule has 5 nitrogen and oxygen atoms in total. The number of nitrogens with one attached hydrogen (secondary N) is 1. The van der Waals surface area contributed by atoms with Gasteiger partial charge in [0.05, 0.1) is 19.6 Å². The van der Waals surface area contributed by atoms with E-state index in [9.17, 15) is 4.79 Å². The molecule has 1 aromatic rings. The number of quaternary nitrogens is 1. The van der Waals surface area contributed by atoms with Crippen molar-refractivity contribution < 1.29 is 24.3 Å². The highest BCUT2D eigenvalue weighted by Crippen LogP contribution is 2.13. The van der Waals surface area contributed by atoms with Crippen molar-refractivity contribution >= 4 is 5.97 Å². The summed E-state index contributed by atoms with van der Waals surface area (Å²) in [4.78, 5) is 12.1. The van der Waals surface area contributed by atoms with Gasteiger partial charge in [0.25, 0.3) is 0 Å². The normalized spacial score (nSPS) is 16.2. The lowest BCUT2D eigenvalue weighted by molar-refractivity contribution is -0.908. The van der Waals surface area contributed by atoms with E-state index in [1.54, 1.807) is 12.1 Å². The lowest BCUT2D eigenvalue weighted by atomic mass is 10.1. The molecular weight excluding hydrogens is 246 g/mol. The summed E-state index contributed by atoms with van der Waals surface area (Å²) in [5, 5.41) is 8.75. The molecule has 0 aromatic heterocycles. The van der Waals surface area contributed by atoms with Crippen LogP contribution in [0.15, 0.2) is 24.3 Å². The first-order chi connectivity index (χ1) is 9.24. The van der Waals surface area contributed by atoms with Crippen molar-refractivity contribution in [2.24, 2.45) is 0 Å². The summed E-state index contributed by atoms with van der Waals surface area (Å²) in [6, 6.07) is 7.28. The number of carbonyl (C=O) groups is 1. The number of rotatable bonds is 6. The Bertz CT molecular complexity index is 416. The molecule has 0 amide bonds. The molecule has 2 N–H and O–H groups in total. The molecule has 0 radical (unpaired) electrons. The molecule has 1 saturated heterocycles. The zero-order chi connectivity index (χ0) is 13.5. The van der Waals surface area contributed by atoms with Crippen LogP contribution in [0, 0.1) is 0 Å². The minimum absolute atomic E-state index is 0.0336. The van der Waals surface area contributed by atoms with Gasteiger partial charge in [-0.25, -0.2) is 0 Å². The van der Waals surface area contributed by atoms with E-state index in [4.69, 9.17) is 14.6 Å². The first-order valence-corrected chi connectivity index (χ1v) is 6.59. The van der Waals surface area contributed by atoms with Gasteiger partial charge in [0.1, 0.15) is 32.0 Å². The maximum atomic E-state index is 10.6. The fourth-order valence-corrected chi connectivity index (χ4v) is 2.14. The average Bonchev–Trinajstić information content (AvgIpc) is 2.40. The first kappa shape index (κ1) is 13.8. The number of carboxylic acids is 1. The van der Waals surface area contributed by atoms with Crippen LogP contribution in [-0.2, 0) is 16.0 Å². The molecule has 19 heavy (non-hydrogen) atoms. The standard InChI is InChI=1S/C14H19NO4/c16-14(17)11-12-2-1-3-13(10-12)19-9-6-15-4-7-18-8-5-15/h1-3,10H,4-9,11H2,(H,16,17)/p+1. The zero-order valence-corrected chi connectivity index (χ0v) is 10.9. The van der Waals surface area contributed by atoms with Gasteiger partial charge in [-0.05, 0) is 17.7 Å². The molecule has 0 aliphatic carbocycles. The molecule has 2 rings (SSSR count). The molecule has 1 aliphatic rings. The van der Waals surface area contributed by atoms with Crippen LogP contribution in [0.25, 0.3) is 0 Å². The third-order valence-corrected chi connectivity index (χ3v) is 3.18. The predicted molar refractivity (Wildman–Crippen MR) is 69.7 cm³/mol. The molecule has 0 saturated carbocycles. The minimum atomic E-state index is -0.824. The lowest BCUT2D eigenvalue weighted by Gasteiger charge is -2.23. The average molecular weight is 266 g/mol. The van der Waals surface area contributed by atoms with E-state index in [2.05, 4.69) is 0 Å². The predicted octanol–water partition coefficient (Wildman–Crippen LogP) is -0.392. The van der Waals surface area contributed by atoms with Gasteiger partial charge in [-0.2, -0.15) is 0 Å². The summed E-state index contributed by atoms with van der Waals surface area (Å²) in [6.45, 7) is 5.30. The van der Waals surface area contributed by atoms with Crippen molar-refractivity contribution in [3.8, 4) is 5.75 Å². The van der Waals surface area contributed by atoms with Crippen LogP contribution in [0.3, 0.4) is 0 Å². The molecular formula is C14H20NO4+. The van der Waals surface area contributed by atoms with E-state index in [0.29, 0.717) is 6.61 Å². The summed E-state index contributed by atoms with van der Waals surface area (Å²) in [5.74, 6) is -0.0821. The van der Waals surface area contributed by atoms with E-state index in [1.807, 2.05) is 12.1 Å². The van der Waals surface area contributed by atoms with Gasteiger partial charge in [0, 0.05) is 0 Å². The Balaban J connectivity index is 1.77. The quantitative estimate of drug-likeness (QED) is 0.736. The van der Waals surface area contributed by atoms with Crippen molar-refractivity contribution in [3.63, 3.8) is 0 Å². The summed E-state index contributed by atoms with van der Waals surface area (Å²) in [7, 11) is 0. The Morgan fingerprint density at radius 3 is 2.89 bits per heavy atom. The van der Waals surface area contributed by atoms with Gasteiger partial charge in [-0.1, -0.05) is 12.1 Å². The monoisotopic (exact) mass is 266 g/mol. The minimum Gasteiger partial charge on any atom is -0.488 e.